The van der Waals surface area contributed by atoms with Gasteiger partial charge in [0, 0.05) is 25.3 Å². The van der Waals surface area contributed by atoms with Gasteiger partial charge in [0.15, 0.2) is 0 Å². The number of alkyl carbamates (subject to hydrolysis) is 1. The van der Waals surface area contributed by atoms with Crippen LogP contribution in [0.5, 0.6) is 5.75 Å². The third kappa shape index (κ3) is 12.3. The largest absolute Gasteiger partial charge is 0.488 e. The van der Waals surface area contributed by atoms with Gasteiger partial charge < -0.3 is 29.4 Å². The average Bonchev–Trinajstić information content (AvgIpc) is 3.36. The molecule has 11 nitrogen and oxygen atoms in total. The maximum atomic E-state index is 13.8. The van der Waals surface area contributed by atoms with E-state index in [1.54, 1.807) is 65.8 Å². The van der Waals surface area contributed by atoms with Crippen molar-refractivity contribution in [3.05, 3.63) is 89.5 Å². The van der Waals surface area contributed by atoms with Gasteiger partial charge in [-0.1, -0.05) is 60.7 Å². The van der Waals surface area contributed by atoms with Crippen LogP contribution in [0, 0.1) is 0 Å². The Balaban J connectivity index is 1.58. The zero-order chi connectivity index (χ0) is 39.1. The number of carbonyl (C=O) groups is 4. The number of amides is 2. The van der Waals surface area contributed by atoms with Crippen molar-refractivity contribution >= 4 is 24.1 Å². The maximum Gasteiger partial charge on any atom is 0.411 e. The van der Waals surface area contributed by atoms with Crippen molar-refractivity contribution in [2.45, 2.75) is 116 Å². The van der Waals surface area contributed by atoms with E-state index in [1.807, 2.05) is 69.3 Å². The van der Waals surface area contributed by atoms with E-state index in [0.29, 0.717) is 11.3 Å². The highest BCUT2D eigenvalue weighted by Gasteiger charge is 2.36. The Labute approximate surface area is 313 Å². The predicted molar refractivity (Wildman–Crippen MR) is 202 cm³/mol. The molecule has 0 saturated carbocycles. The summed E-state index contributed by atoms with van der Waals surface area (Å²) in [4.78, 5) is 54.1. The third-order valence-corrected chi connectivity index (χ3v) is 8.27. The van der Waals surface area contributed by atoms with E-state index in [0.717, 1.165) is 27.2 Å². The lowest BCUT2D eigenvalue weighted by molar-refractivity contribution is -0.155. The highest BCUT2D eigenvalue weighted by molar-refractivity contribution is 5.81. The number of hydrogen-bond donors (Lipinski definition) is 2. The van der Waals surface area contributed by atoms with Crippen molar-refractivity contribution in [2.75, 3.05) is 13.2 Å². The monoisotopic (exact) mass is 730 g/mol. The summed E-state index contributed by atoms with van der Waals surface area (Å²) in [5.41, 5.74) is 2.78. The van der Waals surface area contributed by atoms with E-state index in [1.165, 1.54) is 0 Å². The minimum atomic E-state index is -1.38. The number of nitrogens with one attached hydrogen (secondary N) is 1. The van der Waals surface area contributed by atoms with Crippen molar-refractivity contribution in [3.63, 3.8) is 0 Å². The lowest BCUT2D eigenvalue weighted by Crippen LogP contribution is -2.54. The molecule has 0 radical (unpaired) electrons. The molecule has 0 fully saturated rings. The van der Waals surface area contributed by atoms with Crippen molar-refractivity contribution in [1.82, 2.24) is 10.2 Å². The molecule has 0 bridgehead atoms. The van der Waals surface area contributed by atoms with Gasteiger partial charge >= 0.3 is 24.1 Å². The summed E-state index contributed by atoms with van der Waals surface area (Å²) >= 11 is 0. The van der Waals surface area contributed by atoms with Gasteiger partial charge in [-0.05, 0) is 109 Å². The molecule has 0 heterocycles. The highest BCUT2D eigenvalue weighted by Crippen LogP contribution is 2.44. The van der Waals surface area contributed by atoms with Crippen LogP contribution >= 0.6 is 0 Å². The topological polar surface area (TPSA) is 141 Å². The minimum Gasteiger partial charge on any atom is -0.488 e. The van der Waals surface area contributed by atoms with Gasteiger partial charge in [-0.3, -0.25) is 9.69 Å². The van der Waals surface area contributed by atoms with E-state index >= 15 is 0 Å². The molecule has 0 aromatic heterocycles. The quantitative estimate of drug-likeness (QED) is 0.132. The molecule has 0 saturated heterocycles. The van der Waals surface area contributed by atoms with Crippen molar-refractivity contribution in [3.8, 4) is 16.9 Å². The smallest absolute Gasteiger partial charge is 0.411 e. The van der Waals surface area contributed by atoms with Crippen LogP contribution in [0.4, 0.5) is 9.59 Å². The minimum absolute atomic E-state index is 0.0313. The van der Waals surface area contributed by atoms with Crippen molar-refractivity contribution in [1.29, 1.82) is 0 Å². The summed E-state index contributed by atoms with van der Waals surface area (Å²) < 4.78 is 22.9. The van der Waals surface area contributed by atoms with Gasteiger partial charge in [-0.25, -0.2) is 14.4 Å². The number of carboxylic acid groups (broad SMARTS) is 1. The lowest BCUT2D eigenvalue weighted by Gasteiger charge is -2.34. The summed E-state index contributed by atoms with van der Waals surface area (Å²) in [5, 5.41) is 13.3. The molecular weight excluding hydrogens is 676 g/mol. The van der Waals surface area contributed by atoms with E-state index in [9.17, 15) is 24.3 Å². The molecule has 11 heteroatoms. The molecule has 2 atom stereocenters. The fourth-order valence-electron chi connectivity index (χ4n) is 6.19. The van der Waals surface area contributed by atoms with Crippen LogP contribution in [0.2, 0.25) is 0 Å². The van der Waals surface area contributed by atoms with Crippen LogP contribution in [-0.4, -0.2) is 76.2 Å². The molecule has 0 aliphatic heterocycles. The van der Waals surface area contributed by atoms with Crippen LogP contribution < -0.4 is 10.1 Å². The summed E-state index contributed by atoms with van der Waals surface area (Å²) in [6.07, 6.45) is -1.79. The number of benzene rings is 3. The molecular formula is C42H54N2O9. The van der Waals surface area contributed by atoms with E-state index in [4.69, 9.17) is 18.9 Å². The fraction of sp³-hybridized carbons (Fsp3) is 0.476. The lowest BCUT2D eigenvalue weighted by atomic mass is 9.98. The van der Waals surface area contributed by atoms with E-state index in [-0.39, 0.29) is 38.3 Å². The van der Waals surface area contributed by atoms with Crippen LogP contribution in [0.15, 0.2) is 72.8 Å². The third-order valence-electron chi connectivity index (χ3n) is 8.27. The number of nitrogens with zero attached hydrogens (tertiary/aromatic N) is 1. The molecule has 3 aromatic carbocycles. The Hall–Kier alpha value is -5.06. The molecule has 1 aliphatic carbocycles. The highest BCUT2D eigenvalue weighted by atomic mass is 16.6. The summed E-state index contributed by atoms with van der Waals surface area (Å²) in [5.74, 6) is -1.35. The number of esters is 1. The van der Waals surface area contributed by atoms with E-state index < -0.39 is 53.0 Å². The molecule has 3 aromatic rings. The first-order chi connectivity index (χ1) is 24.7. The number of carboxylic acids is 1. The second-order valence-electron chi connectivity index (χ2n) is 16.3. The molecule has 286 valence electrons. The van der Waals surface area contributed by atoms with Crippen LogP contribution in [0.1, 0.15) is 97.8 Å². The average molecular weight is 731 g/mol. The molecule has 0 spiro atoms. The summed E-state index contributed by atoms with van der Waals surface area (Å²) in [6.45, 7) is 15.8. The Morgan fingerprint density at radius 3 is 1.81 bits per heavy atom. The SMILES string of the molecule is CC(C)(C)OC(=O)CC[C@@H](CN(C(=O)OC(C)(C)C)[C@@H](Cc1ccc(OC(C)(C)C)cc1)C(=O)O)NC(=O)OCC1c2ccccc2-c2ccccc21. The first-order valence-electron chi connectivity index (χ1n) is 18.0. The van der Waals surface area contributed by atoms with Gasteiger partial charge in [0.1, 0.15) is 35.2 Å². The zero-order valence-electron chi connectivity index (χ0n) is 32.4. The van der Waals surface area contributed by atoms with Gasteiger partial charge in [0.25, 0.3) is 0 Å². The molecule has 2 N–H and O–H groups in total. The first-order valence-corrected chi connectivity index (χ1v) is 18.0. The van der Waals surface area contributed by atoms with Crippen LogP contribution in [0.3, 0.4) is 0 Å². The maximum absolute atomic E-state index is 13.8. The Bertz CT molecular complexity index is 1700. The van der Waals surface area contributed by atoms with Crippen molar-refractivity contribution < 1.29 is 43.2 Å². The molecule has 0 unspecified atom stereocenters. The van der Waals surface area contributed by atoms with Gasteiger partial charge in [-0.2, -0.15) is 0 Å². The number of hydrogen-bond acceptors (Lipinski definition) is 8. The Morgan fingerprint density at radius 1 is 0.755 bits per heavy atom. The number of carbonyl (C=O) groups excluding carboxylic acids is 3. The van der Waals surface area contributed by atoms with Gasteiger partial charge in [0.2, 0.25) is 0 Å². The van der Waals surface area contributed by atoms with Crippen LogP contribution in [0.25, 0.3) is 11.1 Å². The first kappa shape index (κ1) is 40.7. The zero-order valence-corrected chi connectivity index (χ0v) is 32.4. The molecule has 2 amide bonds. The van der Waals surface area contributed by atoms with Gasteiger partial charge in [-0.15, -0.1) is 0 Å². The van der Waals surface area contributed by atoms with Crippen LogP contribution in [-0.2, 0) is 30.2 Å². The Morgan fingerprint density at radius 2 is 1.30 bits per heavy atom. The molecule has 4 rings (SSSR count). The van der Waals surface area contributed by atoms with Crippen molar-refractivity contribution in [2.24, 2.45) is 0 Å². The molecule has 53 heavy (non-hydrogen) atoms. The second kappa shape index (κ2) is 16.7. The second-order valence-corrected chi connectivity index (χ2v) is 16.3. The number of rotatable bonds is 13. The normalized spacial score (nSPS) is 13.9. The predicted octanol–water partition coefficient (Wildman–Crippen LogP) is 8.13. The number of aliphatic carboxylic acids is 1. The summed E-state index contributed by atoms with van der Waals surface area (Å²) in [7, 11) is 0. The standard InChI is InChI=1S/C42H54N2O9/c1-40(2,3)51-29-21-18-27(19-22-29)24-35(37(46)47)44(39(49)53-42(7,8)9)25-28(20-23-36(45)52-41(4,5)6)43-38(48)50-26-34-32-16-12-10-14-30(32)31-15-11-13-17-33(31)34/h10-19,21-22,28,34-35H,20,23-26H2,1-9H3,(H,43,48)(H,46,47)/t28-,35-/m0/s1. The fourth-order valence-corrected chi connectivity index (χ4v) is 6.19. The number of fused-ring (bicyclic) bond motifs is 3. The Kier molecular flexibility index (Phi) is 12.9. The molecule has 1 aliphatic rings. The van der Waals surface area contributed by atoms with E-state index in [2.05, 4.69) is 5.32 Å². The van der Waals surface area contributed by atoms with Gasteiger partial charge in [0.05, 0.1) is 6.04 Å². The summed E-state index contributed by atoms with van der Waals surface area (Å²) in [6, 6.07) is 20.7. The number of ether oxygens (including phenoxy) is 4.